The summed E-state index contributed by atoms with van der Waals surface area (Å²) in [5.74, 6) is -0.600. The normalized spacial score (nSPS) is 14.9. The molecule has 0 radical (unpaired) electrons. The number of fused-ring (bicyclic) bond motifs is 1. The van der Waals surface area contributed by atoms with Crippen molar-refractivity contribution in [2.75, 3.05) is 57.5 Å². The Morgan fingerprint density at radius 1 is 1.02 bits per heavy atom. The summed E-state index contributed by atoms with van der Waals surface area (Å²) < 4.78 is 1.21. The van der Waals surface area contributed by atoms with Crippen LogP contribution in [0, 0.1) is 0 Å². The maximum absolute atomic E-state index is 13.0. The van der Waals surface area contributed by atoms with Crippen LogP contribution in [0.1, 0.15) is 22.8 Å². The van der Waals surface area contributed by atoms with Gasteiger partial charge in [-0.05, 0) is 43.4 Å². The third kappa shape index (κ3) is 5.83. The van der Waals surface area contributed by atoms with Crippen LogP contribution >= 0.6 is 11.6 Å². The van der Waals surface area contributed by atoms with Crippen molar-refractivity contribution in [3.63, 3.8) is 0 Å². The Morgan fingerprint density at radius 3 is 2.32 bits per heavy atom. The molecule has 5 rings (SSSR count). The third-order valence-electron chi connectivity index (χ3n) is 7.47. The quantitative estimate of drug-likeness (QED) is 0.258. The van der Waals surface area contributed by atoms with Crippen molar-refractivity contribution >= 4 is 57.1 Å². The number of rotatable bonds is 6. The molecule has 0 atom stereocenters. The number of amides is 1. The highest BCUT2D eigenvalue weighted by atomic mass is 35.5. The fourth-order valence-corrected chi connectivity index (χ4v) is 5.21. The summed E-state index contributed by atoms with van der Waals surface area (Å²) in [7, 11) is 3.86. The first-order chi connectivity index (χ1) is 19.6. The molecule has 0 unspecified atom stereocenters. The smallest absolute Gasteiger partial charge is 0.240 e. The number of aliphatic imine (C=N–C) groups is 1. The number of aromatic hydroxyl groups is 1. The molecule has 0 aliphatic carbocycles. The summed E-state index contributed by atoms with van der Waals surface area (Å²) in [6.45, 7) is 5.39. The zero-order chi connectivity index (χ0) is 29.3. The van der Waals surface area contributed by atoms with Crippen LogP contribution in [0.25, 0.3) is 10.9 Å². The fourth-order valence-electron chi connectivity index (χ4n) is 5.05. The molecule has 212 valence electrons. The highest BCUT2D eigenvalue weighted by Gasteiger charge is 2.25. The number of piperazine rings is 1. The van der Waals surface area contributed by atoms with Crippen LogP contribution in [0.2, 0.25) is 5.02 Å². The third-order valence-corrected chi connectivity index (χ3v) is 7.79. The maximum atomic E-state index is 13.0. The molecule has 3 N–H and O–H groups in total. The first-order valence-electron chi connectivity index (χ1n) is 13.4. The topological polar surface area (TPSA) is 107 Å². The number of nitrogen functional groups attached to an aromatic ring is 1. The fraction of sp³-hybridized carbons (Fsp3) is 0.258. The van der Waals surface area contributed by atoms with Gasteiger partial charge in [-0.3, -0.25) is 19.1 Å². The van der Waals surface area contributed by atoms with Crippen molar-refractivity contribution in [3.05, 3.63) is 82.9 Å². The van der Waals surface area contributed by atoms with Gasteiger partial charge in [-0.2, -0.15) is 0 Å². The zero-order valence-electron chi connectivity index (χ0n) is 23.3. The van der Waals surface area contributed by atoms with E-state index < -0.39 is 0 Å². The molecule has 10 heteroatoms. The molecule has 4 aromatic rings. The zero-order valence-corrected chi connectivity index (χ0v) is 24.1. The largest absolute Gasteiger partial charge is 0.494 e. The van der Waals surface area contributed by atoms with Gasteiger partial charge >= 0.3 is 0 Å². The number of anilines is 2. The van der Waals surface area contributed by atoms with E-state index in [-0.39, 0.29) is 22.7 Å². The molecular formula is C31H33ClN6O3. The summed E-state index contributed by atoms with van der Waals surface area (Å²) in [4.78, 5) is 36.5. The summed E-state index contributed by atoms with van der Waals surface area (Å²) >= 11 is 6.28. The maximum Gasteiger partial charge on any atom is 0.240 e. The molecule has 1 aromatic heterocycles. The van der Waals surface area contributed by atoms with Gasteiger partial charge in [0.05, 0.1) is 39.7 Å². The molecule has 0 saturated carbocycles. The van der Waals surface area contributed by atoms with E-state index in [4.69, 9.17) is 22.3 Å². The van der Waals surface area contributed by atoms with Crippen molar-refractivity contribution < 1.29 is 14.7 Å². The molecule has 2 heterocycles. The van der Waals surface area contributed by atoms with Crippen molar-refractivity contribution in [3.8, 4) is 5.88 Å². The Bertz CT molecular complexity index is 1620. The number of likely N-dealkylation sites (N-methyl/N-ethyl adjacent to an activating group) is 2. The second kappa shape index (κ2) is 11.7. The lowest BCUT2D eigenvalue weighted by atomic mass is 10.0. The lowest BCUT2D eigenvalue weighted by Crippen LogP contribution is -2.48. The van der Waals surface area contributed by atoms with E-state index in [1.807, 2.05) is 54.6 Å². The molecule has 9 nitrogen and oxygen atoms in total. The van der Waals surface area contributed by atoms with Crippen LogP contribution in [0.3, 0.4) is 0 Å². The van der Waals surface area contributed by atoms with Gasteiger partial charge in [0, 0.05) is 56.8 Å². The number of halogens is 1. The predicted octanol–water partition coefficient (Wildman–Crippen LogP) is 4.62. The van der Waals surface area contributed by atoms with E-state index in [0.29, 0.717) is 40.1 Å². The minimum atomic E-state index is -0.374. The molecule has 1 saturated heterocycles. The highest BCUT2D eigenvalue weighted by molar-refractivity contribution is 6.34. The van der Waals surface area contributed by atoms with Gasteiger partial charge in [-0.15, -0.1) is 0 Å². The Kier molecular flexibility index (Phi) is 8.12. The van der Waals surface area contributed by atoms with Crippen LogP contribution < -0.4 is 10.6 Å². The minimum Gasteiger partial charge on any atom is -0.494 e. The van der Waals surface area contributed by atoms with E-state index in [2.05, 4.69) is 16.8 Å². The van der Waals surface area contributed by atoms with Gasteiger partial charge in [-0.1, -0.05) is 41.9 Å². The summed E-state index contributed by atoms with van der Waals surface area (Å²) in [6.07, 6.45) is 0. The second-order valence-electron chi connectivity index (χ2n) is 10.3. The lowest BCUT2D eigenvalue weighted by molar-refractivity contribution is -0.119. The van der Waals surface area contributed by atoms with E-state index in [1.54, 1.807) is 24.1 Å². The number of carbonyl (C=O) groups excluding carboxylic acids is 2. The van der Waals surface area contributed by atoms with E-state index in [1.165, 1.54) is 11.5 Å². The first kappa shape index (κ1) is 28.4. The van der Waals surface area contributed by atoms with Crippen LogP contribution in [-0.4, -0.2) is 83.8 Å². The van der Waals surface area contributed by atoms with Crippen molar-refractivity contribution in [1.82, 2.24) is 14.4 Å². The number of hydrogen-bond acceptors (Lipinski definition) is 7. The monoisotopic (exact) mass is 572 g/mol. The number of nitrogens with zero attached hydrogens (tertiary/aromatic N) is 5. The van der Waals surface area contributed by atoms with Gasteiger partial charge < -0.3 is 20.6 Å². The van der Waals surface area contributed by atoms with E-state index >= 15 is 0 Å². The molecule has 0 bridgehead atoms. The van der Waals surface area contributed by atoms with Gasteiger partial charge in [-0.25, -0.2) is 4.99 Å². The Hall–Kier alpha value is -4.18. The van der Waals surface area contributed by atoms with Crippen LogP contribution in [0.4, 0.5) is 17.1 Å². The molecule has 1 aliphatic rings. The highest BCUT2D eigenvalue weighted by Crippen LogP contribution is 2.38. The Balaban J connectivity index is 1.52. The van der Waals surface area contributed by atoms with E-state index in [0.717, 1.165) is 37.4 Å². The number of benzene rings is 3. The van der Waals surface area contributed by atoms with Crippen molar-refractivity contribution in [2.24, 2.45) is 4.99 Å². The average molecular weight is 573 g/mol. The van der Waals surface area contributed by atoms with Crippen LogP contribution in [-0.2, 0) is 4.79 Å². The summed E-state index contributed by atoms with van der Waals surface area (Å²) in [5, 5.41) is 12.2. The lowest BCUT2D eigenvalue weighted by Gasteiger charge is -2.32. The number of hydrogen-bond donors (Lipinski definition) is 2. The molecule has 1 fully saturated rings. The number of nitrogens with two attached hydrogens (primary N) is 1. The first-order valence-corrected chi connectivity index (χ1v) is 13.8. The van der Waals surface area contributed by atoms with Crippen molar-refractivity contribution in [2.45, 2.75) is 6.92 Å². The molecular weight excluding hydrogens is 540 g/mol. The number of aromatic nitrogens is 1. The average Bonchev–Trinajstić information content (AvgIpc) is 3.24. The molecule has 1 amide bonds. The minimum absolute atomic E-state index is 0.0222. The summed E-state index contributed by atoms with van der Waals surface area (Å²) in [6, 6.07) is 20.0. The van der Waals surface area contributed by atoms with Gasteiger partial charge in [0.2, 0.25) is 17.7 Å². The van der Waals surface area contributed by atoms with Gasteiger partial charge in [0.1, 0.15) is 0 Å². The molecule has 0 spiro atoms. The van der Waals surface area contributed by atoms with Crippen LogP contribution in [0.5, 0.6) is 5.88 Å². The van der Waals surface area contributed by atoms with Gasteiger partial charge in [0.25, 0.3) is 0 Å². The SMILES string of the molecule is CC(=O)n1c(O)c(C(=Nc2ccc(N(C)C(=O)CN3CCN(C)CC3)cc2)c2ccccc2)c2cc(N)c(Cl)cc21. The van der Waals surface area contributed by atoms with Gasteiger partial charge in [0.15, 0.2) is 0 Å². The number of carbonyl (C=O) groups is 2. The molecule has 1 aliphatic heterocycles. The Labute approximate surface area is 244 Å². The predicted molar refractivity (Wildman–Crippen MR) is 165 cm³/mol. The summed E-state index contributed by atoms with van der Waals surface area (Å²) in [5.41, 5.74) is 9.82. The van der Waals surface area contributed by atoms with Crippen molar-refractivity contribution in [1.29, 1.82) is 0 Å². The second-order valence-corrected chi connectivity index (χ2v) is 10.7. The molecule has 41 heavy (non-hydrogen) atoms. The Morgan fingerprint density at radius 2 is 1.68 bits per heavy atom. The molecule has 3 aromatic carbocycles. The van der Waals surface area contributed by atoms with E-state index in [9.17, 15) is 14.7 Å². The standard InChI is InChI=1S/C31H33ClN6O3/c1-20(39)38-27-18-25(32)26(33)17-24(27)29(31(38)41)30(21-7-5-4-6-8-21)34-22-9-11-23(12-10-22)36(3)28(40)19-37-15-13-35(2)14-16-37/h4-12,17-18,41H,13-16,19,33H2,1-3H3. The van der Waals surface area contributed by atoms with Crippen LogP contribution in [0.15, 0.2) is 71.7 Å².